The van der Waals surface area contributed by atoms with Crippen LogP contribution >= 0.6 is 0 Å². The quantitative estimate of drug-likeness (QED) is 0.457. The molecule has 0 saturated carbocycles. The van der Waals surface area contributed by atoms with E-state index in [-0.39, 0.29) is 5.91 Å². The molecule has 144 valence electrons. The second-order valence-corrected chi connectivity index (χ2v) is 5.97. The van der Waals surface area contributed by atoms with Gasteiger partial charge >= 0.3 is 0 Å². The highest BCUT2D eigenvalue weighted by atomic mass is 16.5. The summed E-state index contributed by atoms with van der Waals surface area (Å²) in [7, 11) is 1.61. The molecule has 0 fully saturated rings. The zero-order valence-electron chi connectivity index (χ0n) is 15.6. The topological polar surface area (TPSA) is 78.3 Å². The number of carbonyl (C=O) groups is 1. The summed E-state index contributed by atoms with van der Waals surface area (Å²) in [6.07, 6.45) is 4.86. The van der Waals surface area contributed by atoms with Gasteiger partial charge in [-0.1, -0.05) is 35.5 Å². The molecule has 0 aliphatic rings. The van der Waals surface area contributed by atoms with Crippen LogP contribution in [0.5, 0.6) is 11.5 Å². The van der Waals surface area contributed by atoms with E-state index in [9.17, 15) is 4.79 Å². The zero-order chi connectivity index (χ0) is 19.6. The van der Waals surface area contributed by atoms with Crippen molar-refractivity contribution >= 4 is 12.0 Å². The van der Waals surface area contributed by atoms with E-state index in [1.165, 1.54) is 6.08 Å². The molecule has 2 aromatic carbocycles. The van der Waals surface area contributed by atoms with Gasteiger partial charge in [0.25, 0.3) is 0 Å². The van der Waals surface area contributed by atoms with Crippen molar-refractivity contribution in [2.45, 2.75) is 6.54 Å². The molecule has 3 aromatic rings. The van der Waals surface area contributed by atoms with E-state index in [1.807, 2.05) is 54.6 Å². The minimum absolute atomic E-state index is 0.212. The van der Waals surface area contributed by atoms with Crippen LogP contribution < -0.4 is 14.8 Å². The van der Waals surface area contributed by atoms with Gasteiger partial charge in [-0.15, -0.1) is 5.10 Å². The first-order chi connectivity index (χ1) is 13.7. The number of carbonyl (C=O) groups excluding carboxylic acids is 1. The van der Waals surface area contributed by atoms with Gasteiger partial charge in [-0.2, -0.15) is 0 Å². The predicted molar refractivity (Wildman–Crippen MR) is 106 cm³/mol. The fourth-order valence-corrected chi connectivity index (χ4v) is 2.47. The van der Waals surface area contributed by atoms with Crippen LogP contribution in [0.2, 0.25) is 0 Å². The predicted octanol–water partition coefficient (Wildman–Crippen LogP) is 2.54. The van der Waals surface area contributed by atoms with Crippen LogP contribution in [0, 0.1) is 0 Å². The minimum atomic E-state index is -0.212. The van der Waals surface area contributed by atoms with E-state index in [2.05, 4.69) is 15.6 Å². The van der Waals surface area contributed by atoms with Gasteiger partial charge in [0.05, 0.1) is 26.4 Å². The minimum Gasteiger partial charge on any atom is -0.497 e. The van der Waals surface area contributed by atoms with Gasteiger partial charge in [0, 0.05) is 6.08 Å². The third kappa shape index (κ3) is 5.98. The SMILES string of the molecule is COc1ccc(OCCNC(=O)/C=C/c2cn(Cc3ccccc3)nn2)cc1. The number of aromatic nitrogens is 3. The number of nitrogens with zero attached hydrogens (tertiary/aromatic N) is 3. The molecule has 0 aliphatic heterocycles. The number of amides is 1. The zero-order valence-corrected chi connectivity index (χ0v) is 15.6. The van der Waals surface area contributed by atoms with E-state index in [4.69, 9.17) is 9.47 Å². The maximum absolute atomic E-state index is 11.9. The maximum Gasteiger partial charge on any atom is 0.244 e. The van der Waals surface area contributed by atoms with E-state index in [0.717, 1.165) is 17.1 Å². The van der Waals surface area contributed by atoms with Crippen molar-refractivity contribution in [3.05, 3.63) is 78.1 Å². The van der Waals surface area contributed by atoms with Crippen LogP contribution in [0.4, 0.5) is 0 Å². The van der Waals surface area contributed by atoms with Gasteiger partial charge in [0.15, 0.2) is 0 Å². The Morgan fingerprint density at radius 3 is 2.61 bits per heavy atom. The molecule has 0 unspecified atom stereocenters. The highest BCUT2D eigenvalue weighted by Gasteiger charge is 2.01. The molecule has 7 heteroatoms. The van der Waals surface area contributed by atoms with Crippen molar-refractivity contribution in [2.24, 2.45) is 0 Å². The normalized spacial score (nSPS) is 10.8. The van der Waals surface area contributed by atoms with Crippen LogP contribution in [0.1, 0.15) is 11.3 Å². The Hall–Kier alpha value is -3.61. The second-order valence-electron chi connectivity index (χ2n) is 5.97. The van der Waals surface area contributed by atoms with Crippen molar-refractivity contribution in [3.63, 3.8) is 0 Å². The smallest absolute Gasteiger partial charge is 0.244 e. The Morgan fingerprint density at radius 1 is 1.11 bits per heavy atom. The van der Waals surface area contributed by atoms with Gasteiger partial charge in [-0.3, -0.25) is 4.79 Å². The monoisotopic (exact) mass is 378 g/mol. The lowest BCUT2D eigenvalue weighted by atomic mass is 10.2. The molecule has 7 nitrogen and oxygen atoms in total. The fraction of sp³-hybridized carbons (Fsp3) is 0.190. The molecule has 1 heterocycles. The molecular weight excluding hydrogens is 356 g/mol. The highest BCUT2D eigenvalue weighted by Crippen LogP contribution is 2.16. The molecule has 0 aliphatic carbocycles. The fourth-order valence-electron chi connectivity index (χ4n) is 2.47. The average Bonchev–Trinajstić information content (AvgIpc) is 3.18. The number of ether oxygens (including phenoxy) is 2. The molecule has 1 amide bonds. The van der Waals surface area contributed by atoms with Crippen LogP contribution in [-0.2, 0) is 11.3 Å². The highest BCUT2D eigenvalue weighted by molar-refractivity contribution is 5.91. The number of rotatable bonds is 9. The van der Waals surface area contributed by atoms with Crippen molar-refractivity contribution in [1.29, 1.82) is 0 Å². The third-order valence-corrected chi connectivity index (χ3v) is 3.88. The Kier molecular flexibility index (Phi) is 6.78. The second kappa shape index (κ2) is 9.91. The van der Waals surface area contributed by atoms with E-state index < -0.39 is 0 Å². The molecule has 0 radical (unpaired) electrons. The number of hydrogen-bond donors (Lipinski definition) is 1. The summed E-state index contributed by atoms with van der Waals surface area (Å²) in [5.41, 5.74) is 1.76. The van der Waals surface area contributed by atoms with Crippen LogP contribution in [-0.4, -0.2) is 41.2 Å². The molecule has 3 rings (SSSR count). The van der Waals surface area contributed by atoms with E-state index >= 15 is 0 Å². The molecule has 0 atom stereocenters. The van der Waals surface area contributed by atoms with Gasteiger partial charge in [-0.25, -0.2) is 4.68 Å². The Bertz CT molecular complexity index is 905. The lowest BCUT2D eigenvalue weighted by Gasteiger charge is -2.07. The van der Waals surface area contributed by atoms with E-state index in [1.54, 1.807) is 24.1 Å². The van der Waals surface area contributed by atoms with Crippen LogP contribution in [0.15, 0.2) is 66.9 Å². The first-order valence-electron chi connectivity index (χ1n) is 8.90. The molecule has 0 bridgehead atoms. The van der Waals surface area contributed by atoms with Gasteiger partial charge in [-0.05, 0) is 35.9 Å². The maximum atomic E-state index is 11.9. The van der Waals surface area contributed by atoms with Crippen LogP contribution in [0.25, 0.3) is 6.08 Å². The lowest BCUT2D eigenvalue weighted by molar-refractivity contribution is -0.116. The van der Waals surface area contributed by atoms with Gasteiger partial charge < -0.3 is 14.8 Å². The van der Waals surface area contributed by atoms with Gasteiger partial charge in [0.1, 0.15) is 23.8 Å². The average molecular weight is 378 g/mol. The summed E-state index contributed by atoms with van der Waals surface area (Å²) in [5.74, 6) is 1.28. The van der Waals surface area contributed by atoms with Crippen molar-refractivity contribution in [3.8, 4) is 11.5 Å². The molecular formula is C21H22N4O3. The van der Waals surface area contributed by atoms with Crippen molar-refractivity contribution < 1.29 is 14.3 Å². The Balaban J connectivity index is 1.39. The summed E-state index contributed by atoms with van der Waals surface area (Å²) in [6, 6.07) is 17.3. The lowest BCUT2D eigenvalue weighted by Crippen LogP contribution is -2.26. The standard InChI is InChI=1S/C21H22N4O3/c1-27-19-8-10-20(11-9-19)28-14-13-22-21(26)12-7-18-16-25(24-23-18)15-17-5-3-2-4-6-17/h2-12,16H,13-15H2,1H3,(H,22,26)/b12-7+. The molecule has 28 heavy (non-hydrogen) atoms. The molecule has 0 saturated heterocycles. The number of benzene rings is 2. The summed E-state index contributed by atoms with van der Waals surface area (Å²) in [5, 5.41) is 10.9. The summed E-state index contributed by atoms with van der Waals surface area (Å²) in [4.78, 5) is 11.9. The van der Waals surface area contributed by atoms with Gasteiger partial charge in [0.2, 0.25) is 5.91 Å². The molecule has 1 N–H and O–H groups in total. The molecule has 1 aromatic heterocycles. The third-order valence-electron chi connectivity index (χ3n) is 3.88. The van der Waals surface area contributed by atoms with Crippen molar-refractivity contribution in [1.82, 2.24) is 20.3 Å². The Labute approximate surface area is 163 Å². The molecule has 0 spiro atoms. The number of hydrogen-bond acceptors (Lipinski definition) is 5. The largest absolute Gasteiger partial charge is 0.497 e. The Morgan fingerprint density at radius 2 is 1.86 bits per heavy atom. The van der Waals surface area contributed by atoms with E-state index in [0.29, 0.717) is 25.4 Å². The first-order valence-corrected chi connectivity index (χ1v) is 8.90. The van der Waals surface area contributed by atoms with Crippen molar-refractivity contribution in [2.75, 3.05) is 20.3 Å². The summed E-state index contributed by atoms with van der Waals surface area (Å²) < 4.78 is 12.4. The van der Waals surface area contributed by atoms with Crippen LogP contribution in [0.3, 0.4) is 0 Å². The number of methoxy groups -OCH3 is 1. The number of nitrogens with one attached hydrogen (secondary N) is 1. The summed E-state index contributed by atoms with van der Waals surface area (Å²) >= 11 is 0. The summed E-state index contributed by atoms with van der Waals surface area (Å²) in [6.45, 7) is 1.41. The first kappa shape index (κ1) is 19.2.